The van der Waals surface area contributed by atoms with Gasteiger partial charge in [-0.2, -0.15) is 5.10 Å². The molecular weight excluding hydrogens is 242 g/mol. The van der Waals surface area contributed by atoms with Crippen molar-refractivity contribution in [3.05, 3.63) is 36.0 Å². The van der Waals surface area contributed by atoms with Gasteiger partial charge in [-0.3, -0.25) is 14.5 Å². The smallest absolute Gasteiger partial charge is 0.250 e. The van der Waals surface area contributed by atoms with Crippen molar-refractivity contribution < 1.29 is 4.79 Å². The van der Waals surface area contributed by atoms with Gasteiger partial charge >= 0.3 is 0 Å². The van der Waals surface area contributed by atoms with Gasteiger partial charge in [-0.1, -0.05) is 11.6 Å². The number of halogens is 1. The lowest BCUT2D eigenvalue weighted by molar-refractivity contribution is -0.119. The minimum absolute atomic E-state index is 0.231. The van der Waals surface area contributed by atoms with Gasteiger partial charge in [0.05, 0.1) is 12.4 Å². The predicted molar refractivity (Wildman–Crippen MR) is 62.6 cm³/mol. The number of carbonyl (C=O) groups is 1. The third-order valence-corrected chi connectivity index (χ3v) is 2.34. The summed E-state index contributed by atoms with van der Waals surface area (Å²) in [6.45, 7) is 1.74. The second-order valence-corrected chi connectivity index (χ2v) is 3.77. The minimum Gasteiger partial charge on any atom is -0.307 e. The molecule has 7 heteroatoms. The van der Waals surface area contributed by atoms with E-state index >= 15 is 0 Å². The summed E-state index contributed by atoms with van der Waals surface area (Å²) in [5.74, 6) is 0.0896. The van der Waals surface area contributed by atoms with Gasteiger partial charge in [0, 0.05) is 12.4 Å². The SMILES string of the molecule is CC(C(=O)Nc1cncc(Cl)n1)n1cccn1. The average molecular weight is 252 g/mol. The van der Waals surface area contributed by atoms with Crippen LogP contribution in [0.5, 0.6) is 0 Å². The van der Waals surface area contributed by atoms with E-state index in [0.717, 1.165) is 0 Å². The fraction of sp³-hybridized carbons (Fsp3) is 0.200. The summed E-state index contributed by atoms with van der Waals surface area (Å²) >= 11 is 5.66. The van der Waals surface area contributed by atoms with E-state index in [1.54, 1.807) is 30.1 Å². The summed E-state index contributed by atoms with van der Waals surface area (Å²) in [6.07, 6.45) is 6.16. The molecule has 0 saturated carbocycles. The van der Waals surface area contributed by atoms with Crippen LogP contribution in [-0.2, 0) is 4.79 Å². The van der Waals surface area contributed by atoms with Crippen LogP contribution in [0.15, 0.2) is 30.9 Å². The molecule has 0 spiro atoms. The normalized spacial score (nSPS) is 12.1. The summed E-state index contributed by atoms with van der Waals surface area (Å²) < 4.78 is 1.55. The van der Waals surface area contributed by atoms with Gasteiger partial charge in [-0.25, -0.2) is 4.98 Å². The lowest BCUT2D eigenvalue weighted by Crippen LogP contribution is -2.24. The van der Waals surface area contributed by atoms with Gasteiger partial charge in [0.1, 0.15) is 11.2 Å². The zero-order valence-electron chi connectivity index (χ0n) is 9.04. The minimum atomic E-state index is -0.425. The Kier molecular flexibility index (Phi) is 3.34. The van der Waals surface area contributed by atoms with Gasteiger partial charge in [-0.05, 0) is 13.0 Å². The van der Waals surface area contributed by atoms with Crippen molar-refractivity contribution in [2.45, 2.75) is 13.0 Å². The highest BCUT2D eigenvalue weighted by Crippen LogP contribution is 2.10. The molecule has 1 unspecified atom stereocenters. The second-order valence-electron chi connectivity index (χ2n) is 3.38. The maximum absolute atomic E-state index is 11.8. The van der Waals surface area contributed by atoms with Gasteiger partial charge in [0.15, 0.2) is 5.82 Å². The first-order chi connectivity index (χ1) is 8.16. The van der Waals surface area contributed by atoms with Crippen LogP contribution < -0.4 is 5.32 Å². The maximum atomic E-state index is 11.8. The molecule has 1 atom stereocenters. The van der Waals surface area contributed by atoms with E-state index in [2.05, 4.69) is 20.4 Å². The lowest BCUT2D eigenvalue weighted by atomic mass is 10.3. The van der Waals surface area contributed by atoms with Crippen molar-refractivity contribution in [1.29, 1.82) is 0 Å². The van der Waals surface area contributed by atoms with Crippen LogP contribution in [0.3, 0.4) is 0 Å². The molecule has 2 aromatic rings. The van der Waals surface area contributed by atoms with Crippen molar-refractivity contribution in [2.24, 2.45) is 0 Å². The quantitative estimate of drug-likeness (QED) is 0.898. The van der Waals surface area contributed by atoms with Crippen LogP contribution in [0.25, 0.3) is 0 Å². The summed E-state index contributed by atoms with van der Waals surface area (Å²) in [5.41, 5.74) is 0. The van der Waals surface area contributed by atoms with Crippen LogP contribution in [0.4, 0.5) is 5.82 Å². The van der Waals surface area contributed by atoms with Crippen LogP contribution >= 0.6 is 11.6 Å². The van der Waals surface area contributed by atoms with Crippen LogP contribution in [0.1, 0.15) is 13.0 Å². The Morgan fingerprint density at radius 1 is 1.53 bits per heavy atom. The zero-order chi connectivity index (χ0) is 12.3. The molecule has 2 rings (SSSR count). The van der Waals surface area contributed by atoms with Crippen LogP contribution in [0.2, 0.25) is 5.15 Å². The number of anilines is 1. The van der Waals surface area contributed by atoms with Crippen molar-refractivity contribution in [3.8, 4) is 0 Å². The van der Waals surface area contributed by atoms with Gasteiger partial charge < -0.3 is 5.32 Å². The summed E-state index contributed by atoms with van der Waals surface area (Å²) in [5, 5.41) is 6.83. The standard InChI is InChI=1S/C10H10ClN5O/c1-7(16-4-2-3-13-16)10(17)15-9-6-12-5-8(11)14-9/h2-7H,1H3,(H,14,15,17). The fourth-order valence-corrected chi connectivity index (χ4v) is 1.41. The van der Waals surface area contributed by atoms with Gasteiger partial charge in [-0.15, -0.1) is 0 Å². The molecule has 0 fully saturated rings. The highest BCUT2D eigenvalue weighted by Gasteiger charge is 2.15. The van der Waals surface area contributed by atoms with Gasteiger partial charge in [0.25, 0.3) is 0 Å². The number of nitrogens with one attached hydrogen (secondary N) is 1. The molecule has 0 radical (unpaired) electrons. The maximum Gasteiger partial charge on any atom is 0.250 e. The summed E-state index contributed by atoms with van der Waals surface area (Å²) in [4.78, 5) is 19.6. The Morgan fingerprint density at radius 2 is 2.35 bits per heavy atom. The predicted octanol–water partition coefficient (Wildman–Crippen LogP) is 1.53. The monoisotopic (exact) mass is 251 g/mol. The number of hydrogen-bond acceptors (Lipinski definition) is 4. The third-order valence-electron chi connectivity index (χ3n) is 2.16. The number of rotatable bonds is 3. The lowest BCUT2D eigenvalue weighted by Gasteiger charge is -2.11. The fourth-order valence-electron chi connectivity index (χ4n) is 1.26. The van der Waals surface area contributed by atoms with Crippen molar-refractivity contribution in [1.82, 2.24) is 19.7 Å². The molecule has 0 bridgehead atoms. The van der Waals surface area contributed by atoms with E-state index in [-0.39, 0.29) is 11.1 Å². The molecule has 1 amide bonds. The average Bonchev–Trinajstić information content (AvgIpc) is 2.81. The van der Waals surface area contributed by atoms with E-state index in [4.69, 9.17) is 11.6 Å². The second kappa shape index (κ2) is 4.92. The van der Waals surface area contributed by atoms with E-state index in [1.165, 1.54) is 12.4 Å². The van der Waals surface area contributed by atoms with Crippen LogP contribution in [-0.4, -0.2) is 25.7 Å². The molecule has 17 heavy (non-hydrogen) atoms. The largest absolute Gasteiger partial charge is 0.307 e. The molecule has 2 heterocycles. The Hall–Kier alpha value is -1.95. The van der Waals surface area contributed by atoms with E-state index < -0.39 is 6.04 Å². The molecule has 2 aromatic heterocycles. The van der Waals surface area contributed by atoms with Gasteiger partial charge in [0.2, 0.25) is 5.91 Å². The topological polar surface area (TPSA) is 72.7 Å². The number of amides is 1. The van der Waals surface area contributed by atoms with Crippen molar-refractivity contribution in [2.75, 3.05) is 5.32 Å². The summed E-state index contributed by atoms with van der Waals surface area (Å²) in [6, 6.07) is 1.33. The van der Waals surface area contributed by atoms with E-state index in [9.17, 15) is 4.79 Å². The summed E-state index contributed by atoms with van der Waals surface area (Å²) in [7, 11) is 0. The Balaban J connectivity index is 2.07. The highest BCUT2D eigenvalue weighted by atomic mass is 35.5. The molecule has 88 valence electrons. The van der Waals surface area contributed by atoms with Crippen molar-refractivity contribution in [3.63, 3.8) is 0 Å². The zero-order valence-corrected chi connectivity index (χ0v) is 9.80. The number of aromatic nitrogens is 4. The number of carbonyl (C=O) groups excluding carboxylic acids is 1. The van der Waals surface area contributed by atoms with Crippen molar-refractivity contribution >= 4 is 23.3 Å². The molecule has 1 N–H and O–H groups in total. The highest BCUT2D eigenvalue weighted by molar-refractivity contribution is 6.29. The Bertz CT molecular complexity index is 513. The molecule has 0 aliphatic carbocycles. The first-order valence-corrected chi connectivity index (χ1v) is 5.32. The van der Waals surface area contributed by atoms with E-state index in [0.29, 0.717) is 5.82 Å². The van der Waals surface area contributed by atoms with E-state index in [1.807, 2.05) is 0 Å². The Morgan fingerprint density at radius 3 is 3.00 bits per heavy atom. The first-order valence-electron chi connectivity index (χ1n) is 4.94. The third kappa shape index (κ3) is 2.79. The molecule has 0 saturated heterocycles. The molecule has 6 nitrogen and oxygen atoms in total. The number of nitrogens with zero attached hydrogens (tertiary/aromatic N) is 4. The Labute approximate surface area is 103 Å². The van der Waals surface area contributed by atoms with Crippen LogP contribution in [0, 0.1) is 0 Å². The molecule has 0 aromatic carbocycles. The number of hydrogen-bond donors (Lipinski definition) is 1. The molecular formula is C10H10ClN5O. The first kappa shape index (κ1) is 11.5. The molecule has 0 aliphatic rings. The molecule has 0 aliphatic heterocycles.